The average Bonchev–Trinajstić information content (AvgIpc) is 3.92. The van der Waals surface area contributed by atoms with Gasteiger partial charge < -0.3 is 24.8 Å². The number of benzene rings is 6. The van der Waals surface area contributed by atoms with Gasteiger partial charge in [-0.15, -0.1) is 0 Å². The second-order valence-electron chi connectivity index (χ2n) is 19.3. The molecule has 0 unspecified atom stereocenters. The molecule has 6 aromatic rings. The van der Waals surface area contributed by atoms with E-state index >= 15 is 0 Å². The predicted molar refractivity (Wildman–Crippen MR) is 258 cm³/mol. The van der Waals surface area contributed by atoms with Gasteiger partial charge in [0.2, 0.25) is 0 Å². The molecule has 3 heteroatoms. The fourth-order valence-electron chi connectivity index (χ4n) is 9.60. The molecule has 0 saturated heterocycles. The molecule has 0 bridgehead atoms. The van der Waals surface area contributed by atoms with Gasteiger partial charge in [-0.1, -0.05) is 0 Å². The summed E-state index contributed by atoms with van der Waals surface area (Å²) in [6.07, 6.45) is 16.4. The van der Waals surface area contributed by atoms with Crippen molar-refractivity contribution in [1.29, 1.82) is 0 Å². The van der Waals surface area contributed by atoms with E-state index in [1.165, 1.54) is 98.0 Å². The Labute approximate surface area is 394 Å². The SMILES string of the molecule is CCCCc1ccc([C](c2ccc(CCCC)cc2)=[Zr+2]([C]2=CC=CC2)[c]2c3c(cc(C(C)(C)C)c2-c2ccccc2)-c2cc(C(C)(C)C)c(-c4ccccc4)cc2C3)cc1.[Cl-].[Cl-]. The molecule has 2 aliphatic rings. The number of hydrogen-bond acceptors (Lipinski definition) is 0. The van der Waals surface area contributed by atoms with Crippen molar-refractivity contribution < 1.29 is 46.1 Å². The summed E-state index contributed by atoms with van der Waals surface area (Å²) in [6, 6.07) is 50.1. The Kier molecular flexibility index (Phi) is 15.6. The quantitative estimate of drug-likeness (QED) is 0.115. The van der Waals surface area contributed by atoms with E-state index in [0.29, 0.717) is 0 Å². The summed E-state index contributed by atoms with van der Waals surface area (Å²) in [6.45, 7) is 19.1. The molecular formula is C59H64Cl2Zr. The van der Waals surface area contributed by atoms with Gasteiger partial charge in [-0.3, -0.25) is 0 Å². The van der Waals surface area contributed by atoms with E-state index in [9.17, 15) is 0 Å². The first kappa shape index (κ1) is 47.6. The standard InChI is InChI=1S/C33H33.C21H26.C5H5.2ClH.Zr/c1-32(2,3)30-20-26-24(18-28(30)22-13-9-7-10-14-22)17-25-19-29(23-15-11-8-12-16-23)31(21-27(25)26)33(4,5)6;1-3-5-7-18-9-13-20(14-10-18)17-21-15-11-19(12-16-21)8-6-4-2;1-2-4-5-3-1;;;/h7-16,18,20-21H,17H2,1-6H3;9-16H,3-8H2,1-2H3;1-3H,4H2;2*1H;/q;;;;;+2/p-2. The van der Waals surface area contributed by atoms with E-state index in [0.717, 1.165) is 25.7 Å². The third-order valence-corrected chi connectivity index (χ3v) is 20.5. The second kappa shape index (κ2) is 20.3. The fraction of sp³-hybridized carbons (Fsp3) is 0.305. The molecule has 0 nitrogen and oxygen atoms in total. The maximum absolute atomic E-state index is 3.10. The van der Waals surface area contributed by atoms with Crippen molar-refractivity contribution in [2.24, 2.45) is 0 Å². The van der Waals surface area contributed by atoms with Crippen molar-refractivity contribution in [2.75, 3.05) is 0 Å². The molecule has 8 rings (SSSR count). The van der Waals surface area contributed by atoms with Crippen molar-refractivity contribution in [3.8, 4) is 33.4 Å². The van der Waals surface area contributed by atoms with Gasteiger partial charge in [0.15, 0.2) is 0 Å². The van der Waals surface area contributed by atoms with E-state index in [2.05, 4.69) is 201 Å². The topological polar surface area (TPSA) is 0 Å². The molecule has 0 N–H and O–H groups in total. The monoisotopic (exact) mass is 932 g/mol. The molecule has 0 atom stereocenters. The summed E-state index contributed by atoms with van der Waals surface area (Å²) in [5.74, 6) is 0. The van der Waals surface area contributed by atoms with Crippen molar-refractivity contribution in [2.45, 2.75) is 118 Å². The summed E-state index contributed by atoms with van der Waals surface area (Å²) in [4.78, 5) is 0. The number of unbranched alkanes of at least 4 members (excludes halogenated alkanes) is 2. The first-order valence-corrected chi connectivity index (χ1v) is 26.4. The average molecular weight is 935 g/mol. The Hall–Kier alpha value is -3.87. The van der Waals surface area contributed by atoms with Gasteiger partial charge in [-0.2, -0.15) is 0 Å². The molecule has 318 valence electrons. The van der Waals surface area contributed by atoms with Crippen LogP contribution in [0.3, 0.4) is 0 Å². The smallest absolute Gasteiger partial charge is 1.00 e. The predicted octanol–water partition coefficient (Wildman–Crippen LogP) is 9.24. The molecule has 62 heavy (non-hydrogen) atoms. The van der Waals surface area contributed by atoms with Crippen LogP contribution in [-0.4, -0.2) is 3.21 Å². The molecule has 0 spiro atoms. The van der Waals surface area contributed by atoms with Crippen LogP contribution in [0.1, 0.15) is 132 Å². The van der Waals surface area contributed by atoms with Crippen LogP contribution in [0.25, 0.3) is 33.4 Å². The molecule has 0 heterocycles. The minimum Gasteiger partial charge on any atom is -1.00 e. The molecule has 6 aromatic carbocycles. The zero-order valence-electron chi connectivity index (χ0n) is 38.3. The van der Waals surface area contributed by atoms with Crippen LogP contribution in [0.5, 0.6) is 0 Å². The van der Waals surface area contributed by atoms with Gasteiger partial charge >= 0.3 is 372 Å². The van der Waals surface area contributed by atoms with E-state index in [4.69, 9.17) is 0 Å². The summed E-state index contributed by atoms with van der Waals surface area (Å²) in [5, 5.41) is 0. The van der Waals surface area contributed by atoms with E-state index in [-0.39, 0.29) is 35.6 Å². The van der Waals surface area contributed by atoms with Gasteiger partial charge in [0.25, 0.3) is 0 Å². The number of hydrogen-bond donors (Lipinski definition) is 0. The molecule has 0 fully saturated rings. The minimum atomic E-state index is -3.10. The van der Waals surface area contributed by atoms with Crippen molar-refractivity contribution in [3.63, 3.8) is 0 Å². The zero-order valence-corrected chi connectivity index (χ0v) is 42.2. The van der Waals surface area contributed by atoms with Crippen LogP contribution in [0.2, 0.25) is 0 Å². The Morgan fingerprint density at radius 2 is 1.08 bits per heavy atom. The minimum absolute atomic E-state index is 0. The number of rotatable bonds is 12. The van der Waals surface area contributed by atoms with Gasteiger partial charge in [0.05, 0.1) is 0 Å². The first-order chi connectivity index (χ1) is 29.0. The molecule has 0 radical (unpaired) electrons. The van der Waals surface area contributed by atoms with Gasteiger partial charge in [-0.25, -0.2) is 0 Å². The van der Waals surface area contributed by atoms with Crippen LogP contribution < -0.4 is 28.1 Å². The molecule has 0 amide bonds. The maximum Gasteiger partial charge on any atom is -1.00 e. The first-order valence-electron chi connectivity index (χ1n) is 22.7. The molecule has 0 aromatic heterocycles. The van der Waals surface area contributed by atoms with E-state index in [1.807, 2.05) is 0 Å². The van der Waals surface area contributed by atoms with Crippen LogP contribution in [0.4, 0.5) is 0 Å². The second-order valence-corrected chi connectivity index (χ2v) is 25.2. The Balaban J connectivity index is 0.00000321. The van der Waals surface area contributed by atoms with Gasteiger partial charge in [-0.05, 0) is 0 Å². The van der Waals surface area contributed by atoms with Crippen LogP contribution in [0, 0.1) is 0 Å². The van der Waals surface area contributed by atoms with E-state index < -0.39 is 21.3 Å². The van der Waals surface area contributed by atoms with Gasteiger partial charge in [0.1, 0.15) is 0 Å². The van der Waals surface area contributed by atoms with Crippen molar-refractivity contribution in [3.05, 3.63) is 193 Å². The zero-order chi connectivity index (χ0) is 42.0. The fourth-order valence-corrected chi connectivity index (χ4v) is 18.1. The van der Waals surface area contributed by atoms with Crippen molar-refractivity contribution in [1.82, 2.24) is 0 Å². The third kappa shape index (κ3) is 9.92. The number of fused-ring (bicyclic) bond motifs is 3. The maximum atomic E-state index is 2.63. The third-order valence-electron chi connectivity index (χ3n) is 12.8. The summed E-state index contributed by atoms with van der Waals surface area (Å²) in [5.41, 5.74) is 20.0. The molecule has 2 aliphatic carbocycles. The summed E-state index contributed by atoms with van der Waals surface area (Å²) < 4.78 is 4.95. The van der Waals surface area contributed by atoms with E-state index in [1.54, 1.807) is 15.3 Å². The largest absolute Gasteiger partial charge is 1.00 e. The Bertz CT molecular complexity index is 2520. The Morgan fingerprint density at radius 3 is 1.56 bits per heavy atom. The van der Waals surface area contributed by atoms with Gasteiger partial charge in [0, 0.05) is 0 Å². The number of halogens is 2. The molecular weight excluding hydrogens is 871 g/mol. The molecule has 0 aliphatic heterocycles. The molecule has 0 saturated carbocycles. The summed E-state index contributed by atoms with van der Waals surface area (Å²) in [7, 11) is 0. The van der Waals surface area contributed by atoms with Crippen LogP contribution in [0.15, 0.2) is 149 Å². The number of aryl methyl sites for hydroxylation is 2. The Morgan fingerprint density at radius 1 is 0.565 bits per heavy atom. The number of allylic oxidation sites excluding steroid dienone is 4. The summed E-state index contributed by atoms with van der Waals surface area (Å²) >= 11 is -3.10. The van der Waals surface area contributed by atoms with Crippen LogP contribution >= 0.6 is 0 Å². The van der Waals surface area contributed by atoms with Crippen molar-refractivity contribution >= 4 is 6.48 Å². The van der Waals surface area contributed by atoms with Crippen LogP contribution in [-0.2, 0) is 51.4 Å². The normalized spacial score (nSPS) is 12.7.